The van der Waals surface area contributed by atoms with Crippen molar-refractivity contribution in [1.29, 1.82) is 0 Å². The molecule has 1 amide bonds. The number of hydrogen-bond donors (Lipinski definition) is 3. The molecule has 0 atom stereocenters. The average molecular weight is 557 g/mol. The Morgan fingerprint density at radius 3 is 2.40 bits per heavy atom. The number of benzene rings is 1. The van der Waals surface area contributed by atoms with Crippen LogP contribution in [0.3, 0.4) is 0 Å². The topological polar surface area (TPSA) is 87.6 Å². The van der Waals surface area contributed by atoms with Crippen LogP contribution in [-0.4, -0.2) is 43.6 Å². The van der Waals surface area contributed by atoms with E-state index < -0.39 is 11.9 Å². The van der Waals surface area contributed by atoms with Gasteiger partial charge < -0.3 is 20.7 Å². The molecule has 0 fully saturated rings. The summed E-state index contributed by atoms with van der Waals surface area (Å²) in [5, 5.41) is 10.0. The number of hydrogen-bond acceptors (Lipinski definition) is 5. The van der Waals surface area contributed by atoms with Gasteiger partial charge in [-0.25, -0.2) is 9.98 Å². The van der Waals surface area contributed by atoms with Gasteiger partial charge in [-0.2, -0.15) is 13.2 Å². The van der Waals surface area contributed by atoms with Crippen LogP contribution in [-0.2, 0) is 12.7 Å². The zero-order chi connectivity index (χ0) is 21.3. The minimum Gasteiger partial charge on any atom is -0.497 e. The second-order valence-electron chi connectivity index (χ2n) is 5.73. The molecule has 3 N–H and O–H groups in total. The van der Waals surface area contributed by atoms with Gasteiger partial charge >= 0.3 is 6.18 Å². The fourth-order valence-corrected chi connectivity index (χ4v) is 2.93. The lowest BCUT2D eigenvalue weighted by Gasteiger charge is -2.11. The predicted molar refractivity (Wildman–Crippen MR) is 121 cm³/mol. The highest BCUT2D eigenvalue weighted by molar-refractivity contribution is 14.0. The quantitative estimate of drug-likeness (QED) is 0.201. The lowest BCUT2D eigenvalue weighted by atomic mass is 10.2. The van der Waals surface area contributed by atoms with E-state index in [1.165, 1.54) is 0 Å². The fourth-order valence-electron chi connectivity index (χ4n) is 2.20. The van der Waals surface area contributed by atoms with Crippen LogP contribution in [0.25, 0.3) is 0 Å². The number of carbonyl (C=O) groups is 1. The molecule has 12 heteroatoms. The third-order valence-corrected chi connectivity index (χ3v) is 4.45. The maximum atomic E-state index is 12.6. The summed E-state index contributed by atoms with van der Waals surface area (Å²) >= 11 is 0.909. The van der Waals surface area contributed by atoms with Crippen molar-refractivity contribution in [2.75, 3.05) is 26.7 Å². The van der Waals surface area contributed by atoms with Gasteiger partial charge in [-0.1, -0.05) is 0 Å². The first-order chi connectivity index (χ1) is 13.8. The van der Waals surface area contributed by atoms with E-state index in [1.807, 2.05) is 6.92 Å². The highest BCUT2D eigenvalue weighted by atomic mass is 127. The number of guanidine groups is 1. The summed E-state index contributed by atoms with van der Waals surface area (Å²) in [5.41, 5.74) is -0.400. The number of aromatic nitrogens is 1. The normalized spacial score (nSPS) is 11.4. The van der Waals surface area contributed by atoms with E-state index in [0.717, 1.165) is 16.7 Å². The van der Waals surface area contributed by atoms with Crippen LogP contribution in [0.2, 0.25) is 0 Å². The summed E-state index contributed by atoms with van der Waals surface area (Å²) < 4.78 is 42.8. The molecule has 1 aromatic carbocycles. The van der Waals surface area contributed by atoms with Crippen LogP contribution in [0.4, 0.5) is 13.2 Å². The predicted octanol–water partition coefficient (Wildman–Crippen LogP) is 3.27. The zero-order valence-electron chi connectivity index (χ0n) is 16.4. The van der Waals surface area contributed by atoms with E-state index in [9.17, 15) is 18.0 Å². The monoisotopic (exact) mass is 557 g/mol. The van der Waals surface area contributed by atoms with E-state index >= 15 is 0 Å². The van der Waals surface area contributed by atoms with Crippen molar-refractivity contribution < 1.29 is 22.7 Å². The molecule has 166 valence electrons. The molecule has 0 saturated heterocycles. The lowest BCUT2D eigenvalue weighted by molar-refractivity contribution is -0.140. The Balaban J connectivity index is 0.00000450. The van der Waals surface area contributed by atoms with Crippen LogP contribution in [0.1, 0.15) is 28.0 Å². The number of ether oxygens (including phenoxy) is 1. The molecule has 30 heavy (non-hydrogen) atoms. The van der Waals surface area contributed by atoms with Gasteiger partial charge in [-0.15, -0.1) is 35.3 Å². The number of rotatable bonds is 8. The van der Waals surface area contributed by atoms with Crippen LogP contribution in [0, 0.1) is 0 Å². The Kier molecular flexibility index (Phi) is 10.9. The van der Waals surface area contributed by atoms with Gasteiger partial charge in [0.05, 0.1) is 13.7 Å². The maximum absolute atomic E-state index is 12.6. The van der Waals surface area contributed by atoms with Crippen LogP contribution >= 0.6 is 35.3 Å². The van der Waals surface area contributed by atoms with Crippen molar-refractivity contribution >= 4 is 47.2 Å². The molecule has 2 aromatic rings. The van der Waals surface area contributed by atoms with Crippen molar-refractivity contribution in [3.63, 3.8) is 0 Å². The number of alkyl halides is 3. The number of carbonyl (C=O) groups excluding carboxylic acids is 1. The van der Waals surface area contributed by atoms with E-state index in [1.54, 1.807) is 31.4 Å². The molecule has 2 rings (SSSR count). The molecular formula is C18H23F3IN5O2S. The Bertz CT molecular complexity index is 828. The summed E-state index contributed by atoms with van der Waals surface area (Å²) in [6, 6.07) is 6.73. The first-order valence-electron chi connectivity index (χ1n) is 8.79. The van der Waals surface area contributed by atoms with E-state index in [2.05, 4.69) is 25.9 Å². The van der Waals surface area contributed by atoms with E-state index in [4.69, 9.17) is 4.74 Å². The molecular weight excluding hydrogens is 534 g/mol. The maximum Gasteiger partial charge on any atom is 0.434 e. The third-order valence-electron chi connectivity index (χ3n) is 3.61. The van der Waals surface area contributed by atoms with Crippen molar-refractivity contribution in [2.45, 2.75) is 19.6 Å². The summed E-state index contributed by atoms with van der Waals surface area (Å²) in [6.45, 7) is 3.20. The van der Waals surface area contributed by atoms with Crippen LogP contribution in [0.15, 0.2) is 34.6 Å². The van der Waals surface area contributed by atoms with Crippen molar-refractivity contribution in [3.8, 4) is 5.75 Å². The molecule has 1 heterocycles. The Morgan fingerprint density at radius 2 is 1.83 bits per heavy atom. The van der Waals surface area contributed by atoms with Gasteiger partial charge in [0.25, 0.3) is 5.91 Å². The van der Waals surface area contributed by atoms with Crippen molar-refractivity contribution in [1.82, 2.24) is 20.9 Å². The molecule has 0 aliphatic heterocycles. The Morgan fingerprint density at radius 1 is 1.17 bits per heavy atom. The smallest absolute Gasteiger partial charge is 0.434 e. The first kappa shape index (κ1) is 25.9. The van der Waals surface area contributed by atoms with Gasteiger partial charge in [-0.05, 0) is 31.2 Å². The SMILES string of the molecule is CCNC(=NCc1nc(C(F)(F)F)cs1)NCCNC(=O)c1ccc(OC)cc1.I. The standard InChI is InChI=1S/C18H22F3N5O2S.HI/c1-3-22-17(25-10-15-26-14(11-29-15)18(19,20)21)24-9-8-23-16(27)12-4-6-13(28-2)7-5-12;/h4-7,11H,3,8-10H2,1-2H3,(H,23,27)(H2,22,24,25);1H. The van der Waals surface area contributed by atoms with Crippen LogP contribution < -0.4 is 20.7 Å². The first-order valence-corrected chi connectivity index (χ1v) is 9.67. The molecule has 0 saturated carbocycles. The molecule has 0 spiro atoms. The zero-order valence-corrected chi connectivity index (χ0v) is 19.5. The van der Waals surface area contributed by atoms with Gasteiger partial charge in [0, 0.05) is 30.6 Å². The Labute approximate surface area is 193 Å². The van der Waals surface area contributed by atoms with Crippen LogP contribution in [0.5, 0.6) is 5.75 Å². The average Bonchev–Trinajstić information content (AvgIpc) is 3.18. The number of nitrogens with one attached hydrogen (secondary N) is 3. The third kappa shape index (κ3) is 8.34. The summed E-state index contributed by atoms with van der Waals surface area (Å²) in [7, 11) is 1.55. The number of nitrogens with zero attached hydrogens (tertiary/aromatic N) is 2. The fraction of sp³-hybridized carbons (Fsp3) is 0.389. The second-order valence-corrected chi connectivity index (χ2v) is 6.67. The number of methoxy groups -OCH3 is 1. The molecule has 0 aliphatic carbocycles. The van der Waals surface area contributed by atoms with Gasteiger partial charge in [-0.3, -0.25) is 4.79 Å². The summed E-state index contributed by atoms with van der Waals surface area (Å²) in [5.74, 6) is 0.867. The summed E-state index contributed by atoms with van der Waals surface area (Å²) in [6.07, 6.45) is -4.46. The molecule has 7 nitrogen and oxygen atoms in total. The largest absolute Gasteiger partial charge is 0.497 e. The highest BCUT2D eigenvalue weighted by Crippen LogP contribution is 2.30. The summed E-state index contributed by atoms with van der Waals surface area (Å²) in [4.78, 5) is 19.8. The second kappa shape index (κ2) is 12.6. The van der Waals surface area contributed by atoms with E-state index in [-0.39, 0.29) is 41.4 Å². The van der Waals surface area contributed by atoms with E-state index in [0.29, 0.717) is 36.9 Å². The molecule has 0 bridgehead atoms. The minimum atomic E-state index is -4.46. The molecule has 0 unspecified atom stereocenters. The molecule has 0 radical (unpaired) electrons. The van der Waals surface area contributed by atoms with Gasteiger partial charge in [0.15, 0.2) is 11.7 Å². The number of thiazole rings is 1. The minimum absolute atomic E-state index is 0. The van der Waals surface area contributed by atoms with Gasteiger partial charge in [0.1, 0.15) is 10.8 Å². The van der Waals surface area contributed by atoms with Crippen molar-refractivity contribution in [3.05, 3.63) is 45.9 Å². The number of aliphatic imine (C=N–C) groups is 1. The number of halogens is 4. The molecule has 0 aliphatic rings. The van der Waals surface area contributed by atoms with Gasteiger partial charge in [0.2, 0.25) is 0 Å². The highest BCUT2D eigenvalue weighted by Gasteiger charge is 2.33. The Hall–Kier alpha value is -2.09. The van der Waals surface area contributed by atoms with Crippen molar-refractivity contribution in [2.24, 2.45) is 4.99 Å². The number of amides is 1. The lowest BCUT2D eigenvalue weighted by Crippen LogP contribution is -2.41. The molecule has 1 aromatic heterocycles.